The van der Waals surface area contributed by atoms with Crippen molar-refractivity contribution in [1.82, 2.24) is 10.2 Å². The zero-order valence-electron chi connectivity index (χ0n) is 11.2. The molecule has 1 fully saturated rings. The van der Waals surface area contributed by atoms with E-state index in [2.05, 4.69) is 48.3 Å². The van der Waals surface area contributed by atoms with Gasteiger partial charge in [-0.15, -0.1) is 0 Å². The minimum absolute atomic E-state index is 0.107. The van der Waals surface area contributed by atoms with Crippen molar-refractivity contribution >= 4 is 0 Å². The molecule has 1 N–H and O–H groups in total. The van der Waals surface area contributed by atoms with Gasteiger partial charge in [-0.25, -0.2) is 0 Å². The van der Waals surface area contributed by atoms with Crippen molar-refractivity contribution in [2.75, 3.05) is 26.2 Å². The first kappa shape index (κ1) is 13.1. The highest BCUT2D eigenvalue weighted by atomic mass is 15.2. The third-order valence-corrected chi connectivity index (χ3v) is 3.59. The molecule has 2 rings (SSSR count). The monoisotopic (exact) mass is 243 g/mol. The SMILES string of the molecule is Cc1ccc(C)c(C(C#N)N2CCCNCC2)c1. The van der Waals surface area contributed by atoms with Crippen molar-refractivity contribution in [2.45, 2.75) is 26.3 Å². The highest BCUT2D eigenvalue weighted by molar-refractivity contribution is 5.35. The van der Waals surface area contributed by atoms with Gasteiger partial charge in [0, 0.05) is 19.6 Å². The van der Waals surface area contributed by atoms with Crippen LogP contribution in [-0.4, -0.2) is 31.1 Å². The lowest BCUT2D eigenvalue weighted by Crippen LogP contribution is -2.32. The molecule has 1 heterocycles. The number of benzene rings is 1. The van der Waals surface area contributed by atoms with Crippen LogP contribution >= 0.6 is 0 Å². The van der Waals surface area contributed by atoms with E-state index in [-0.39, 0.29) is 6.04 Å². The molecule has 3 nitrogen and oxygen atoms in total. The van der Waals surface area contributed by atoms with Gasteiger partial charge in [0.1, 0.15) is 6.04 Å². The van der Waals surface area contributed by atoms with Crippen LogP contribution in [0.2, 0.25) is 0 Å². The van der Waals surface area contributed by atoms with Crippen LogP contribution in [-0.2, 0) is 0 Å². The van der Waals surface area contributed by atoms with Crippen molar-refractivity contribution in [2.24, 2.45) is 0 Å². The van der Waals surface area contributed by atoms with Gasteiger partial charge < -0.3 is 5.32 Å². The predicted octanol–water partition coefficient (Wildman–Crippen LogP) is 2.16. The van der Waals surface area contributed by atoms with Crippen molar-refractivity contribution in [1.29, 1.82) is 5.26 Å². The standard InChI is InChI=1S/C15H21N3/c1-12-4-5-13(2)14(10-12)15(11-16)18-8-3-6-17-7-9-18/h4-5,10,15,17H,3,6-9H2,1-2H3. The van der Waals surface area contributed by atoms with Crippen molar-refractivity contribution in [3.8, 4) is 6.07 Å². The van der Waals surface area contributed by atoms with Gasteiger partial charge in [0.15, 0.2) is 0 Å². The number of hydrogen-bond acceptors (Lipinski definition) is 3. The number of aryl methyl sites for hydroxylation is 2. The Labute approximate surface area is 109 Å². The molecule has 1 aliphatic heterocycles. The van der Waals surface area contributed by atoms with Crippen LogP contribution in [0.1, 0.15) is 29.2 Å². The summed E-state index contributed by atoms with van der Waals surface area (Å²) in [4.78, 5) is 2.29. The van der Waals surface area contributed by atoms with Crippen LogP contribution < -0.4 is 5.32 Å². The summed E-state index contributed by atoms with van der Waals surface area (Å²) < 4.78 is 0. The molecule has 1 saturated heterocycles. The third kappa shape index (κ3) is 2.90. The molecule has 96 valence electrons. The molecule has 0 radical (unpaired) electrons. The van der Waals surface area contributed by atoms with E-state index < -0.39 is 0 Å². The van der Waals surface area contributed by atoms with Crippen LogP contribution in [0.25, 0.3) is 0 Å². The number of nitrogens with one attached hydrogen (secondary N) is 1. The Bertz CT molecular complexity index is 440. The van der Waals surface area contributed by atoms with Crippen LogP contribution in [0, 0.1) is 25.2 Å². The fourth-order valence-corrected chi connectivity index (χ4v) is 2.53. The van der Waals surface area contributed by atoms with Gasteiger partial charge in [-0.05, 0) is 37.9 Å². The van der Waals surface area contributed by atoms with E-state index in [0.717, 1.165) is 32.6 Å². The molecular formula is C15H21N3. The third-order valence-electron chi connectivity index (χ3n) is 3.59. The second-order valence-corrected chi connectivity index (χ2v) is 5.03. The number of nitriles is 1. The quantitative estimate of drug-likeness (QED) is 0.865. The molecule has 1 unspecified atom stereocenters. The van der Waals surface area contributed by atoms with Gasteiger partial charge in [0.25, 0.3) is 0 Å². The van der Waals surface area contributed by atoms with E-state index >= 15 is 0 Å². The second kappa shape index (κ2) is 5.99. The molecule has 0 aromatic heterocycles. The Morgan fingerprint density at radius 3 is 2.89 bits per heavy atom. The molecule has 1 aliphatic rings. The lowest BCUT2D eigenvalue weighted by atomic mass is 9.98. The summed E-state index contributed by atoms with van der Waals surface area (Å²) in [7, 11) is 0. The van der Waals surface area contributed by atoms with Crippen LogP contribution in [0.5, 0.6) is 0 Å². The molecule has 0 amide bonds. The topological polar surface area (TPSA) is 39.1 Å². The van der Waals surface area contributed by atoms with Crippen LogP contribution in [0.4, 0.5) is 0 Å². The van der Waals surface area contributed by atoms with Crippen molar-refractivity contribution in [3.05, 3.63) is 34.9 Å². The minimum Gasteiger partial charge on any atom is -0.315 e. The lowest BCUT2D eigenvalue weighted by molar-refractivity contribution is 0.252. The van der Waals surface area contributed by atoms with Crippen molar-refractivity contribution in [3.63, 3.8) is 0 Å². The van der Waals surface area contributed by atoms with Crippen molar-refractivity contribution < 1.29 is 0 Å². The van der Waals surface area contributed by atoms with E-state index in [4.69, 9.17) is 0 Å². The summed E-state index contributed by atoms with van der Waals surface area (Å²) in [5.41, 5.74) is 3.60. The van der Waals surface area contributed by atoms with E-state index in [1.54, 1.807) is 0 Å². The zero-order valence-corrected chi connectivity index (χ0v) is 11.2. The molecule has 1 atom stereocenters. The van der Waals surface area contributed by atoms with Gasteiger partial charge in [-0.3, -0.25) is 4.90 Å². The average Bonchev–Trinajstić information content (AvgIpc) is 2.64. The van der Waals surface area contributed by atoms with E-state index in [0.29, 0.717) is 0 Å². The highest BCUT2D eigenvalue weighted by Crippen LogP contribution is 2.24. The largest absolute Gasteiger partial charge is 0.315 e. The summed E-state index contributed by atoms with van der Waals surface area (Å²) in [6, 6.07) is 8.75. The lowest BCUT2D eigenvalue weighted by Gasteiger charge is -2.26. The first-order valence-corrected chi connectivity index (χ1v) is 6.64. The molecule has 1 aromatic rings. The molecule has 0 saturated carbocycles. The number of rotatable bonds is 2. The average molecular weight is 243 g/mol. The summed E-state index contributed by atoms with van der Waals surface area (Å²) in [6.07, 6.45) is 1.11. The van der Waals surface area contributed by atoms with E-state index in [1.165, 1.54) is 16.7 Å². The maximum atomic E-state index is 9.53. The summed E-state index contributed by atoms with van der Waals surface area (Å²) in [5.74, 6) is 0. The fourth-order valence-electron chi connectivity index (χ4n) is 2.53. The molecule has 1 aromatic carbocycles. The molecular weight excluding hydrogens is 222 g/mol. The zero-order chi connectivity index (χ0) is 13.0. The Balaban J connectivity index is 2.26. The maximum Gasteiger partial charge on any atom is 0.124 e. The van der Waals surface area contributed by atoms with Gasteiger partial charge >= 0.3 is 0 Å². The molecule has 0 bridgehead atoms. The van der Waals surface area contributed by atoms with Gasteiger partial charge in [0.2, 0.25) is 0 Å². The minimum atomic E-state index is -0.107. The summed E-state index contributed by atoms with van der Waals surface area (Å²) in [5, 5.41) is 12.9. The normalized spacial score (nSPS) is 18.9. The number of nitrogens with zero attached hydrogens (tertiary/aromatic N) is 2. The van der Waals surface area contributed by atoms with Gasteiger partial charge in [-0.1, -0.05) is 23.8 Å². The smallest absolute Gasteiger partial charge is 0.124 e. The molecule has 0 aliphatic carbocycles. The first-order chi connectivity index (χ1) is 8.72. The number of hydrogen-bond donors (Lipinski definition) is 1. The van der Waals surface area contributed by atoms with Crippen LogP contribution in [0.15, 0.2) is 18.2 Å². The van der Waals surface area contributed by atoms with Crippen LogP contribution in [0.3, 0.4) is 0 Å². The van der Waals surface area contributed by atoms with Gasteiger partial charge in [0.05, 0.1) is 6.07 Å². The maximum absolute atomic E-state index is 9.53. The molecule has 3 heteroatoms. The molecule has 0 spiro atoms. The Hall–Kier alpha value is -1.37. The fraction of sp³-hybridized carbons (Fsp3) is 0.533. The van der Waals surface area contributed by atoms with E-state index in [1.807, 2.05) is 0 Å². The highest BCUT2D eigenvalue weighted by Gasteiger charge is 2.22. The first-order valence-electron chi connectivity index (χ1n) is 6.64. The van der Waals surface area contributed by atoms with E-state index in [9.17, 15) is 5.26 Å². The summed E-state index contributed by atoms with van der Waals surface area (Å²) in [6.45, 7) is 8.16. The Morgan fingerprint density at radius 1 is 1.28 bits per heavy atom. The molecule has 18 heavy (non-hydrogen) atoms. The Morgan fingerprint density at radius 2 is 2.11 bits per heavy atom. The predicted molar refractivity (Wildman–Crippen MR) is 73.3 cm³/mol. The van der Waals surface area contributed by atoms with Gasteiger partial charge in [-0.2, -0.15) is 5.26 Å². The summed E-state index contributed by atoms with van der Waals surface area (Å²) >= 11 is 0. The Kier molecular flexibility index (Phi) is 4.35. The second-order valence-electron chi connectivity index (χ2n) is 5.03.